The average molecular weight is 216 g/mol. The van der Waals surface area contributed by atoms with Gasteiger partial charge in [0, 0.05) is 0 Å². The SMILES string of the molecule is CC(C)C1CCCCC1CS(C)(C)C. The van der Waals surface area contributed by atoms with Gasteiger partial charge in [0.15, 0.2) is 0 Å². The molecular formula is C13H28S. The molecule has 0 N–H and O–H groups in total. The van der Waals surface area contributed by atoms with Gasteiger partial charge in [-0.25, -0.2) is 10.0 Å². The Bertz CT molecular complexity index is 167. The summed E-state index contributed by atoms with van der Waals surface area (Å²) < 4.78 is 0. The van der Waals surface area contributed by atoms with E-state index in [-0.39, 0.29) is 10.0 Å². The van der Waals surface area contributed by atoms with Crippen LogP contribution in [0.3, 0.4) is 0 Å². The molecular weight excluding hydrogens is 188 g/mol. The molecule has 1 aliphatic carbocycles. The van der Waals surface area contributed by atoms with Crippen LogP contribution in [0.2, 0.25) is 0 Å². The molecule has 2 unspecified atom stereocenters. The van der Waals surface area contributed by atoms with E-state index in [1.807, 2.05) is 0 Å². The molecule has 0 spiro atoms. The Kier molecular flexibility index (Phi) is 4.36. The van der Waals surface area contributed by atoms with E-state index < -0.39 is 0 Å². The second-order valence-electron chi connectivity index (χ2n) is 6.21. The Morgan fingerprint density at radius 3 is 2.14 bits per heavy atom. The van der Waals surface area contributed by atoms with E-state index in [9.17, 15) is 0 Å². The van der Waals surface area contributed by atoms with Gasteiger partial charge in [-0.3, -0.25) is 0 Å². The van der Waals surface area contributed by atoms with Crippen molar-refractivity contribution in [2.45, 2.75) is 39.5 Å². The van der Waals surface area contributed by atoms with Crippen molar-refractivity contribution in [1.82, 2.24) is 0 Å². The van der Waals surface area contributed by atoms with E-state index in [1.165, 1.54) is 31.4 Å². The molecule has 0 bridgehead atoms. The molecule has 0 aliphatic heterocycles. The Balaban J connectivity index is 2.54. The minimum Gasteiger partial charge on any atom is -0.249 e. The molecule has 1 fully saturated rings. The third-order valence-corrected chi connectivity index (χ3v) is 4.97. The molecule has 0 nitrogen and oxygen atoms in total. The van der Waals surface area contributed by atoms with Gasteiger partial charge in [0.25, 0.3) is 0 Å². The lowest BCUT2D eigenvalue weighted by Crippen LogP contribution is -2.28. The van der Waals surface area contributed by atoms with Gasteiger partial charge in [-0.05, 0) is 55.1 Å². The number of hydrogen-bond donors (Lipinski definition) is 0. The van der Waals surface area contributed by atoms with Crippen molar-refractivity contribution in [2.75, 3.05) is 24.5 Å². The van der Waals surface area contributed by atoms with Crippen molar-refractivity contribution in [3.05, 3.63) is 0 Å². The van der Waals surface area contributed by atoms with Crippen molar-refractivity contribution in [2.24, 2.45) is 17.8 Å². The standard InChI is InChI=1S/C13H28S/c1-11(2)13-9-7-6-8-12(13)10-14(3,4)5/h11-13H,6-10H2,1-5H3. The van der Waals surface area contributed by atoms with Crippen LogP contribution in [-0.2, 0) is 0 Å². The van der Waals surface area contributed by atoms with Gasteiger partial charge >= 0.3 is 0 Å². The summed E-state index contributed by atoms with van der Waals surface area (Å²) in [5.74, 6) is 4.48. The quantitative estimate of drug-likeness (QED) is 0.665. The van der Waals surface area contributed by atoms with Gasteiger partial charge in [-0.15, -0.1) is 0 Å². The highest BCUT2D eigenvalue weighted by Crippen LogP contribution is 2.45. The van der Waals surface area contributed by atoms with E-state index in [2.05, 4.69) is 32.6 Å². The van der Waals surface area contributed by atoms with Crippen LogP contribution in [0.1, 0.15) is 39.5 Å². The molecule has 86 valence electrons. The average Bonchev–Trinajstić information content (AvgIpc) is 2.01. The van der Waals surface area contributed by atoms with Gasteiger partial charge in [0.2, 0.25) is 0 Å². The second kappa shape index (κ2) is 4.92. The van der Waals surface area contributed by atoms with E-state index in [4.69, 9.17) is 0 Å². The molecule has 0 radical (unpaired) electrons. The van der Waals surface area contributed by atoms with Crippen LogP contribution >= 0.6 is 10.0 Å². The summed E-state index contributed by atoms with van der Waals surface area (Å²) in [6, 6.07) is 0. The van der Waals surface area contributed by atoms with Crippen LogP contribution in [0, 0.1) is 17.8 Å². The molecule has 1 rings (SSSR count). The predicted molar refractivity (Wildman–Crippen MR) is 70.5 cm³/mol. The third-order valence-electron chi connectivity index (χ3n) is 3.54. The van der Waals surface area contributed by atoms with Crippen LogP contribution in [0.5, 0.6) is 0 Å². The first-order chi connectivity index (χ1) is 6.40. The topological polar surface area (TPSA) is 0 Å². The minimum absolute atomic E-state index is 0.290. The highest BCUT2D eigenvalue weighted by Gasteiger charge is 2.29. The summed E-state index contributed by atoms with van der Waals surface area (Å²) in [6.45, 7) is 4.84. The van der Waals surface area contributed by atoms with Crippen LogP contribution in [0.25, 0.3) is 0 Å². The first-order valence-corrected chi connectivity index (χ1v) is 9.09. The molecule has 1 heteroatoms. The maximum Gasteiger partial charge on any atom is -0.0204 e. The maximum atomic E-state index is 2.47. The Morgan fingerprint density at radius 1 is 1.07 bits per heavy atom. The molecule has 0 aromatic heterocycles. The highest BCUT2D eigenvalue weighted by atomic mass is 32.3. The fourth-order valence-electron chi connectivity index (χ4n) is 2.96. The zero-order valence-corrected chi connectivity index (χ0v) is 11.5. The van der Waals surface area contributed by atoms with Crippen LogP contribution in [-0.4, -0.2) is 24.5 Å². The van der Waals surface area contributed by atoms with Gasteiger partial charge in [0.1, 0.15) is 0 Å². The molecule has 2 atom stereocenters. The lowest BCUT2D eigenvalue weighted by molar-refractivity contribution is 0.199. The Hall–Kier alpha value is 0.350. The van der Waals surface area contributed by atoms with E-state index in [0.29, 0.717) is 0 Å². The smallest absolute Gasteiger partial charge is 0.0204 e. The lowest BCUT2D eigenvalue weighted by atomic mass is 9.74. The van der Waals surface area contributed by atoms with E-state index in [1.54, 1.807) is 0 Å². The number of rotatable bonds is 3. The first kappa shape index (κ1) is 12.4. The van der Waals surface area contributed by atoms with Crippen LogP contribution in [0.15, 0.2) is 0 Å². The van der Waals surface area contributed by atoms with E-state index in [0.717, 1.165) is 17.8 Å². The van der Waals surface area contributed by atoms with Crippen molar-refractivity contribution in [3.8, 4) is 0 Å². The van der Waals surface area contributed by atoms with Gasteiger partial charge in [-0.2, -0.15) is 0 Å². The van der Waals surface area contributed by atoms with Crippen LogP contribution < -0.4 is 0 Å². The van der Waals surface area contributed by atoms with Gasteiger partial charge in [0.05, 0.1) is 0 Å². The maximum absolute atomic E-state index is 2.47. The van der Waals surface area contributed by atoms with Gasteiger partial charge in [-0.1, -0.05) is 26.7 Å². The largest absolute Gasteiger partial charge is 0.249 e. The minimum atomic E-state index is -0.290. The van der Waals surface area contributed by atoms with E-state index >= 15 is 0 Å². The van der Waals surface area contributed by atoms with Gasteiger partial charge < -0.3 is 0 Å². The van der Waals surface area contributed by atoms with Crippen molar-refractivity contribution in [3.63, 3.8) is 0 Å². The number of hydrogen-bond acceptors (Lipinski definition) is 0. The molecule has 0 saturated heterocycles. The summed E-state index contributed by atoms with van der Waals surface area (Å²) in [4.78, 5) is 0. The zero-order chi connectivity index (χ0) is 10.8. The van der Waals surface area contributed by atoms with Crippen molar-refractivity contribution in [1.29, 1.82) is 0 Å². The summed E-state index contributed by atoms with van der Waals surface area (Å²) in [7, 11) is -0.290. The normalized spacial score (nSPS) is 30.7. The summed E-state index contributed by atoms with van der Waals surface area (Å²) in [5.41, 5.74) is 0. The highest BCUT2D eigenvalue weighted by molar-refractivity contribution is 8.32. The lowest BCUT2D eigenvalue weighted by Gasteiger charge is -2.40. The summed E-state index contributed by atoms with van der Waals surface area (Å²) in [6.07, 6.45) is 13.4. The molecule has 1 saturated carbocycles. The fraction of sp³-hybridized carbons (Fsp3) is 1.00. The first-order valence-electron chi connectivity index (χ1n) is 6.06. The molecule has 0 heterocycles. The Morgan fingerprint density at radius 2 is 1.64 bits per heavy atom. The summed E-state index contributed by atoms with van der Waals surface area (Å²) >= 11 is 0. The Labute approximate surface area is 92.2 Å². The predicted octanol–water partition coefficient (Wildman–Crippen LogP) is 4.14. The molecule has 0 aromatic rings. The second-order valence-corrected chi connectivity index (χ2v) is 10.7. The zero-order valence-electron chi connectivity index (χ0n) is 10.7. The van der Waals surface area contributed by atoms with Crippen LogP contribution in [0.4, 0.5) is 0 Å². The molecule has 1 aliphatic rings. The third kappa shape index (κ3) is 3.84. The summed E-state index contributed by atoms with van der Waals surface area (Å²) in [5, 5.41) is 0. The molecule has 0 aromatic carbocycles. The molecule has 14 heavy (non-hydrogen) atoms. The van der Waals surface area contributed by atoms with Crippen molar-refractivity contribution < 1.29 is 0 Å². The monoisotopic (exact) mass is 216 g/mol. The molecule has 0 amide bonds. The van der Waals surface area contributed by atoms with Crippen molar-refractivity contribution >= 4 is 10.0 Å². The fourth-order valence-corrected chi connectivity index (χ4v) is 4.66.